The third-order valence-electron chi connectivity index (χ3n) is 2.93. The lowest BCUT2D eigenvalue weighted by Crippen LogP contribution is -2.10. The second kappa shape index (κ2) is 7.20. The first-order chi connectivity index (χ1) is 11.3. The van der Waals surface area contributed by atoms with E-state index < -0.39 is 41.1 Å². The largest absolute Gasteiger partial charge is 0.493 e. The Labute approximate surface area is 134 Å². The molecular formula is C16H12F4O4. The smallest absolute Gasteiger partial charge is 0.308 e. The van der Waals surface area contributed by atoms with Crippen LogP contribution >= 0.6 is 0 Å². The number of alkyl halides is 1. The Hall–Kier alpha value is -2.77. The van der Waals surface area contributed by atoms with E-state index in [0.29, 0.717) is 6.07 Å². The van der Waals surface area contributed by atoms with Gasteiger partial charge in [-0.1, -0.05) is 0 Å². The molecule has 0 aromatic heterocycles. The number of carbonyl (C=O) groups is 1. The zero-order valence-electron chi connectivity index (χ0n) is 12.6. The first-order valence-corrected chi connectivity index (χ1v) is 6.64. The van der Waals surface area contributed by atoms with Gasteiger partial charge in [-0.25, -0.2) is 8.78 Å². The molecule has 0 fully saturated rings. The van der Waals surface area contributed by atoms with E-state index in [9.17, 15) is 22.4 Å². The number of rotatable bonds is 5. The van der Waals surface area contributed by atoms with Crippen LogP contribution in [0.25, 0.3) is 0 Å². The predicted molar refractivity (Wildman–Crippen MR) is 75.1 cm³/mol. The van der Waals surface area contributed by atoms with Crippen LogP contribution in [0.1, 0.15) is 18.8 Å². The van der Waals surface area contributed by atoms with Gasteiger partial charge < -0.3 is 14.2 Å². The van der Waals surface area contributed by atoms with Crippen LogP contribution in [0.15, 0.2) is 30.3 Å². The fourth-order valence-electron chi connectivity index (χ4n) is 1.87. The van der Waals surface area contributed by atoms with Crippen LogP contribution in [-0.4, -0.2) is 13.1 Å². The Bertz CT molecular complexity index is 747. The molecule has 2 aromatic rings. The normalized spacial score (nSPS) is 11.8. The molecule has 0 aliphatic carbocycles. The van der Waals surface area contributed by atoms with Crippen LogP contribution < -0.4 is 14.2 Å². The molecule has 1 atom stereocenters. The topological polar surface area (TPSA) is 44.8 Å². The van der Waals surface area contributed by atoms with Crippen molar-refractivity contribution in [2.75, 3.05) is 7.11 Å². The summed E-state index contributed by atoms with van der Waals surface area (Å²) < 4.78 is 69.2. The fourth-order valence-corrected chi connectivity index (χ4v) is 1.87. The standard InChI is InChI=1S/C16H12F4O4/c1-8(21)23-9-3-5-10(6-4-9)24-16(20)13-11(17)7-12(22-2)14(18)15(13)19/h3-7,16H,1-2H3. The van der Waals surface area contributed by atoms with Gasteiger partial charge in [-0.2, -0.15) is 8.78 Å². The number of benzene rings is 2. The van der Waals surface area contributed by atoms with E-state index in [1.165, 1.54) is 31.2 Å². The molecular weight excluding hydrogens is 332 g/mol. The van der Waals surface area contributed by atoms with Gasteiger partial charge in [0, 0.05) is 13.0 Å². The van der Waals surface area contributed by atoms with Crippen LogP contribution in [0.4, 0.5) is 17.6 Å². The summed E-state index contributed by atoms with van der Waals surface area (Å²) >= 11 is 0. The highest BCUT2D eigenvalue weighted by atomic mass is 19.2. The van der Waals surface area contributed by atoms with Crippen LogP contribution in [0.2, 0.25) is 0 Å². The number of carbonyl (C=O) groups excluding carboxylic acids is 1. The fraction of sp³-hybridized carbons (Fsp3) is 0.188. The van der Waals surface area contributed by atoms with E-state index in [-0.39, 0.29) is 11.5 Å². The molecule has 0 spiro atoms. The quantitative estimate of drug-likeness (QED) is 0.355. The van der Waals surface area contributed by atoms with Crippen molar-refractivity contribution in [1.82, 2.24) is 0 Å². The Morgan fingerprint density at radius 1 is 1.04 bits per heavy atom. The van der Waals surface area contributed by atoms with Gasteiger partial charge >= 0.3 is 5.97 Å². The molecule has 1 unspecified atom stereocenters. The summed E-state index contributed by atoms with van der Waals surface area (Å²) in [5, 5.41) is 0. The van der Waals surface area contributed by atoms with Crippen molar-refractivity contribution < 1.29 is 36.6 Å². The lowest BCUT2D eigenvalue weighted by atomic mass is 10.1. The van der Waals surface area contributed by atoms with Crippen molar-refractivity contribution in [1.29, 1.82) is 0 Å². The SMILES string of the molecule is COc1cc(F)c(C(F)Oc2ccc(OC(C)=O)cc2)c(F)c1F. The minimum Gasteiger partial charge on any atom is -0.493 e. The minimum absolute atomic E-state index is 0.103. The van der Waals surface area contributed by atoms with E-state index in [1.54, 1.807) is 0 Å². The molecule has 0 bridgehead atoms. The van der Waals surface area contributed by atoms with E-state index >= 15 is 0 Å². The number of esters is 1. The average Bonchev–Trinajstić information content (AvgIpc) is 2.52. The molecule has 0 saturated heterocycles. The highest BCUT2D eigenvalue weighted by Gasteiger charge is 2.27. The van der Waals surface area contributed by atoms with Crippen LogP contribution in [0.3, 0.4) is 0 Å². The van der Waals surface area contributed by atoms with E-state index in [2.05, 4.69) is 4.74 Å². The zero-order chi connectivity index (χ0) is 17.9. The number of hydrogen-bond acceptors (Lipinski definition) is 4. The second-order valence-electron chi connectivity index (χ2n) is 4.60. The summed E-state index contributed by atoms with van der Waals surface area (Å²) in [4.78, 5) is 10.8. The van der Waals surface area contributed by atoms with Gasteiger partial charge in [-0.3, -0.25) is 4.79 Å². The molecule has 0 aliphatic rings. The zero-order valence-corrected chi connectivity index (χ0v) is 12.6. The van der Waals surface area contributed by atoms with Crippen LogP contribution in [0, 0.1) is 17.5 Å². The van der Waals surface area contributed by atoms with Crippen LogP contribution in [0.5, 0.6) is 17.2 Å². The molecule has 8 heteroatoms. The number of methoxy groups -OCH3 is 1. The van der Waals surface area contributed by atoms with Crippen LogP contribution in [-0.2, 0) is 4.79 Å². The maximum atomic E-state index is 14.1. The van der Waals surface area contributed by atoms with Crippen molar-refractivity contribution in [3.63, 3.8) is 0 Å². The van der Waals surface area contributed by atoms with E-state index in [1.807, 2.05) is 0 Å². The van der Waals surface area contributed by atoms with Crippen molar-refractivity contribution in [3.8, 4) is 17.2 Å². The minimum atomic E-state index is -2.59. The first kappa shape index (κ1) is 17.6. The van der Waals surface area contributed by atoms with Crippen molar-refractivity contribution in [3.05, 3.63) is 53.3 Å². The lowest BCUT2D eigenvalue weighted by molar-refractivity contribution is -0.131. The van der Waals surface area contributed by atoms with E-state index in [4.69, 9.17) is 9.47 Å². The monoisotopic (exact) mass is 344 g/mol. The maximum Gasteiger partial charge on any atom is 0.308 e. The summed E-state index contributed by atoms with van der Waals surface area (Å²) in [5.74, 6) is -5.78. The second-order valence-corrected chi connectivity index (χ2v) is 4.60. The highest BCUT2D eigenvalue weighted by Crippen LogP contribution is 2.33. The van der Waals surface area contributed by atoms with Gasteiger partial charge in [0.15, 0.2) is 11.6 Å². The first-order valence-electron chi connectivity index (χ1n) is 6.64. The average molecular weight is 344 g/mol. The molecule has 24 heavy (non-hydrogen) atoms. The van der Waals surface area contributed by atoms with Gasteiger partial charge in [0.1, 0.15) is 17.3 Å². The third kappa shape index (κ3) is 3.76. The Kier molecular flexibility index (Phi) is 5.28. The van der Waals surface area contributed by atoms with Gasteiger partial charge in [0.2, 0.25) is 5.82 Å². The molecule has 0 N–H and O–H groups in total. The number of halogens is 4. The van der Waals surface area contributed by atoms with Gasteiger partial charge in [0.25, 0.3) is 6.36 Å². The number of ether oxygens (including phenoxy) is 3. The predicted octanol–water partition coefficient (Wildman–Crippen LogP) is 4.08. The molecule has 128 valence electrons. The lowest BCUT2D eigenvalue weighted by Gasteiger charge is -2.15. The summed E-state index contributed by atoms with van der Waals surface area (Å²) in [6.45, 7) is 1.20. The highest BCUT2D eigenvalue weighted by molar-refractivity contribution is 5.69. The van der Waals surface area contributed by atoms with Gasteiger partial charge in [-0.15, -0.1) is 0 Å². The van der Waals surface area contributed by atoms with Crippen molar-refractivity contribution in [2.45, 2.75) is 13.3 Å². The molecule has 0 heterocycles. The third-order valence-corrected chi connectivity index (χ3v) is 2.93. The molecule has 0 amide bonds. The molecule has 0 aliphatic heterocycles. The van der Waals surface area contributed by atoms with Gasteiger partial charge in [-0.05, 0) is 24.3 Å². The Morgan fingerprint density at radius 2 is 1.62 bits per heavy atom. The Balaban J connectivity index is 2.22. The summed E-state index contributed by atoms with van der Waals surface area (Å²) in [6, 6.07) is 5.56. The molecule has 0 radical (unpaired) electrons. The van der Waals surface area contributed by atoms with Crippen molar-refractivity contribution in [2.24, 2.45) is 0 Å². The Morgan fingerprint density at radius 3 is 2.17 bits per heavy atom. The molecule has 2 aromatic carbocycles. The number of hydrogen-bond donors (Lipinski definition) is 0. The summed E-state index contributed by atoms with van der Waals surface area (Å²) in [6.07, 6.45) is -2.59. The maximum absolute atomic E-state index is 14.1. The van der Waals surface area contributed by atoms with Gasteiger partial charge in [0.05, 0.1) is 12.7 Å². The molecule has 4 nitrogen and oxygen atoms in total. The van der Waals surface area contributed by atoms with Crippen molar-refractivity contribution >= 4 is 5.97 Å². The summed E-state index contributed by atoms with van der Waals surface area (Å²) in [5.41, 5.74) is -1.21. The molecule has 0 saturated carbocycles. The molecule has 2 rings (SSSR count). The summed E-state index contributed by atoms with van der Waals surface area (Å²) in [7, 11) is 1.02. The van der Waals surface area contributed by atoms with E-state index in [0.717, 1.165) is 7.11 Å².